The molecule has 8 heteroatoms. The SMILES string of the molecule is Cl.O=[N+]([O-])c1ccc(N2CCN(Cc3cc(C=Cc4ccccc4)no3)CC2)cc1. The molecule has 156 valence electrons. The fraction of sp³-hybridized carbons (Fsp3) is 0.227. The summed E-state index contributed by atoms with van der Waals surface area (Å²) >= 11 is 0. The van der Waals surface area contributed by atoms with Gasteiger partial charge in [-0.1, -0.05) is 41.6 Å². The standard InChI is InChI=1S/C22H22N4O3.ClH/c27-26(28)21-10-8-20(9-11-21)25-14-12-24(13-15-25)17-22-16-19(23-29-22)7-6-18-4-2-1-3-5-18;/h1-11,16H,12-15,17H2;1H. The Morgan fingerprint density at radius 1 is 1.00 bits per heavy atom. The molecule has 1 aliphatic heterocycles. The lowest BCUT2D eigenvalue weighted by molar-refractivity contribution is -0.384. The Morgan fingerprint density at radius 3 is 2.37 bits per heavy atom. The third-order valence-corrected chi connectivity index (χ3v) is 5.00. The van der Waals surface area contributed by atoms with E-state index in [2.05, 4.69) is 15.0 Å². The molecule has 30 heavy (non-hydrogen) atoms. The molecular weight excluding hydrogens is 404 g/mol. The molecule has 2 heterocycles. The van der Waals surface area contributed by atoms with Gasteiger partial charge < -0.3 is 9.42 Å². The highest BCUT2D eigenvalue weighted by atomic mass is 35.5. The van der Waals surface area contributed by atoms with Crippen LogP contribution >= 0.6 is 12.4 Å². The van der Waals surface area contributed by atoms with Gasteiger partial charge in [-0.15, -0.1) is 12.4 Å². The van der Waals surface area contributed by atoms with E-state index >= 15 is 0 Å². The summed E-state index contributed by atoms with van der Waals surface area (Å²) < 4.78 is 5.48. The highest BCUT2D eigenvalue weighted by molar-refractivity contribution is 5.85. The van der Waals surface area contributed by atoms with E-state index in [0.29, 0.717) is 0 Å². The van der Waals surface area contributed by atoms with E-state index in [0.717, 1.165) is 55.4 Å². The van der Waals surface area contributed by atoms with Crippen LogP contribution in [-0.2, 0) is 6.54 Å². The molecule has 7 nitrogen and oxygen atoms in total. The van der Waals surface area contributed by atoms with Crippen LogP contribution in [0.15, 0.2) is 65.2 Å². The van der Waals surface area contributed by atoms with Crippen molar-refractivity contribution in [3.63, 3.8) is 0 Å². The Hall–Kier alpha value is -3.16. The highest BCUT2D eigenvalue weighted by Gasteiger charge is 2.19. The van der Waals surface area contributed by atoms with E-state index in [1.165, 1.54) is 0 Å². The number of aromatic nitrogens is 1. The maximum absolute atomic E-state index is 10.8. The molecule has 0 N–H and O–H groups in total. The molecule has 0 radical (unpaired) electrons. The normalized spacial score (nSPS) is 14.6. The summed E-state index contributed by atoms with van der Waals surface area (Å²) in [6, 6.07) is 18.8. The number of piperazine rings is 1. The zero-order valence-corrected chi connectivity index (χ0v) is 17.2. The van der Waals surface area contributed by atoms with Crippen molar-refractivity contribution < 1.29 is 9.45 Å². The molecule has 1 fully saturated rings. The van der Waals surface area contributed by atoms with E-state index in [4.69, 9.17) is 4.52 Å². The van der Waals surface area contributed by atoms with Crippen molar-refractivity contribution >= 4 is 35.9 Å². The first-order chi connectivity index (χ1) is 14.2. The summed E-state index contributed by atoms with van der Waals surface area (Å²) in [7, 11) is 0. The number of halogens is 1. The topological polar surface area (TPSA) is 75.7 Å². The molecule has 1 aromatic heterocycles. The summed E-state index contributed by atoms with van der Waals surface area (Å²) in [6.07, 6.45) is 3.97. The Labute approximate surface area is 181 Å². The average molecular weight is 427 g/mol. The zero-order chi connectivity index (χ0) is 20.1. The first-order valence-corrected chi connectivity index (χ1v) is 9.58. The second-order valence-corrected chi connectivity index (χ2v) is 7.00. The molecule has 0 atom stereocenters. The van der Waals surface area contributed by atoms with Gasteiger partial charge in [-0.05, 0) is 23.8 Å². The molecule has 0 aliphatic carbocycles. The van der Waals surface area contributed by atoms with Crippen molar-refractivity contribution in [1.29, 1.82) is 0 Å². The number of nitro benzene ring substituents is 1. The molecule has 0 saturated carbocycles. The molecule has 1 saturated heterocycles. The number of nitro groups is 1. The predicted octanol–water partition coefficient (Wildman–Crippen LogP) is 4.50. The van der Waals surface area contributed by atoms with Gasteiger partial charge in [0.1, 0.15) is 5.69 Å². The lowest BCUT2D eigenvalue weighted by Crippen LogP contribution is -2.45. The molecule has 3 aromatic rings. The van der Waals surface area contributed by atoms with E-state index in [1.54, 1.807) is 12.1 Å². The van der Waals surface area contributed by atoms with Gasteiger partial charge in [0.2, 0.25) is 0 Å². The largest absolute Gasteiger partial charge is 0.369 e. The molecule has 2 aromatic carbocycles. The van der Waals surface area contributed by atoms with Gasteiger partial charge in [0.25, 0.3) is 5.69 Å². The Balaban J connectivity index is 0.00000256. The number of non-ortho nitro benzene ring substituents is 1. The summed E-state index contributed by atoms with van der Waals surface area (Å²) in [4.78, 5) is 15.0. The molecule has 1 aliphatic rings. The van der Waals surface area contributed by atoms with Crippen LogP contribution in [0, 0.1) is 10.1 Å². The number of benzene rings is 2. The van der Waals surface area contributed by atoms with Crippen LogP contribution in [0.4, 0.5) is 11.4 Å². The minimum Gasteiger partial charge on any atom is -0.369 e. The van der Waals surface area contributed by atoms with Crippen molar-refractivity contribution in [2.24, 2.45) is 0 Å². The maximum atomic E-state index is 10.8. The second-order valence-electron chi connectivity index (χ2n) is 7.00. The molecule has 0 amide bonds. The summed E-state index contributed by atoms with van der Waals surface area (Å²) in [5.41, 5.74) is 3.07. The van der Waals surface area contributed by atoms with Gasteiger partial charge in [-0.2, -0.15) is 0 Å². The van der Waals surface area contributed by atoms with Gasteiger partial charge >= 0.3 is 0 Å². The van der Waals surface area contributed by atoms with Gasteiger partial charge in [0.15, 0.2) is 5.76 Å². The fourth-order valence-electron chi connectivity index (χ4n) is 3.40. The molecule has 0 bridgehead atoms. The third kappa shape index (κ3) is 5.46. The summed E-state index contributed by atoms with van der Waals surface area (Å²) in [5, 5.41) is 14.9. The predicted molar refractivity (Wildman–Crippen MR) is 120 cm³/mol. The van der Waals surface area contributed by atoms with Crippen LogP contribution in [0.1, 0.15) is 17.0 Å². The van der Waals surface area contributed by atoms with Crippen molar-refractivity contribution in [2.45, 2.75) is 6.54 Å². The smallest absolute Gasteiger partial charge is 0.269 e. The van der Waals surface area contributed by atoms with Crippen molar-refractivity contribution in [3.8, 4) is 0 Å². The Bertz CT molecular complexity index is 981. The number of anilines is 1. The number of nitrogens with zero attached hydrogens (tertiary/aromatic N) is 4. The maximum Gasteiger partial charge on any atom is 0.269 e. The van der Waals surface area contributed by atoms with Gasteiger partial charge in [0, 0.05) is 50.1 Å². The number of hydrogen-bond acceptors (Lipinski definition) is 6. The first kappa shape index (κ1) is 21.5. The molecule has 4 rings (SSSR count). The van der Waals surface area contributed by atoms with Gasteiger partial charge in [-0.3, -0.25) is 15.0 Å². The van der Waals surface area contributed by atoms with E-state index in [9.17, 15) is 10.1 Å². The van der Waals surface area contributed by atoms with Crippen molar-refractivity contribution in [1.82, 2.24) is 10.1 Å². The van der Waals surface area contributed by atoms with Crippen LogP contribution in [-0.4, -0.2) is 41.2 Å². The summed E-state index contributed by atoms with van der Waals surface area (Å²) in [6.45, 7) is 4.25. The lowest BCUT2D eigenvalue weighted by Gasteiger charge is -2.35. The van der Waals surface area contributed by atoms with Gasteiger partial charge in [0.05, 0.1) is 11.5 Å². The second kappa shape index (κ2) is 10.0. The molecule has 0 unspecified atom stereocenters. The number of rotatable bonds is 6. The highest BCUT2D eigenvalue weighted by Crippen LogP contribution is 2.21. The van der Waals surface area contributed by atoms with Crippen LogP contribution in [0.25, 0.3) is 12.2 Å². The minimum atomic E-state index is -0.373. The van der Waals surface area contributed by atoms with Crippen molar-refractivity contribution in [2.75, 3.05) is 31.1 Å². The minimum absolute atomic E-state index is 0. The Kier molecular flexibility index (Phi) is 7.21. The Morgan fingerprint density at radius 2 is 1.70 bits per heavy atom. The fourth-order valence-corrected chi connectivity index (χ4v) is 3.40. The van der Waals surface area contributed by atoms with Gasteiger partial charge in [-0.25, -0.2) is 0 Å². The molecular formula is C22H23ClN4O3. The third-order valence-electron chi connectivity index (χ3n) is 5.00. The lowest BCUT2D eigenvalue weighted by atomic mass is 10.2. The summed E-state index contributed by atoms with van der Waals surface area (Å²) in [5.74, 6) is 0.849. The first-order valence-electron chi connectivity index (χ1n) is 9.58. The van der Waals surface area contributed by atoms with Crippen LogP contribution < -0.4 is 4.90 Å². The van der Waals surface area contributed by atoms with E-state index < -0.39 is 0 Å². The average Bonchev–Trinajstić information content (AvgIpc) is 3.21. The monoisotopic (exact) mass is 426 g/mol. The molecule has 0 spiro atoms. The van der Waals surface area contributed by atoms with Crippen molar-refractivity contribution in [3.05, 3.63) is 87.8 Å². The van der Waals surface area contributed by atoms with Crippen LogP contribution in [0.5, 0.6) is 0 Å². The van der Waals surface area contributed by atoms with Crippen LogP contribution in [0.3, 0.4) is 0 Å². The van der Waals surface area contributed by atoms with E-state index in [1.807, 2.05) is 60.7 Å². The van der Waals surface area contributed by atoms with E-state index in [-0.39, 0.29) is 23.0 Å². The quantitative estimate of drug-likeness (QED) is 0.426. The van der Waals surface area contributed by atoms with Crippen LogP contribution in [0.2, 0.25) is 0 Å². The number of hydrogen-bond donors (Lipinski definition) is 0. The zero-order valence-electron chi connectivity index (χ0n) is 16.4.